The van der Waals surface area contributed by atoms with E-state index in [0.29, 0.717) is 0 Å². The van der Waals surface area contributed by atoms with Crippen LogP contribution in [0.25, 0.3) is 0 Å². The Morgan fingerprint density at radius 1 is 1.28 bits per heavy atom. The van der Waals surface area contributed by atoms with E-state index in [1.807, 2.05) is 0 Å². The Bertz CT molecular complexity index is 468. The highest BCUT2D eigenvalue weighted by atomic mass is 16.5. The first-order chi connectivity index (χ1) is 8.40. The van der Waals surface area contributed by atoms with Gasteiger partial charge in [0.25, 0.3) is 0 Å². The SMILES string of the molecule is CC(C)(C)c1ccc2c(c1)OC1(CCC1)CC2N. The molecular formula is C16H23NO. The van der Waals surface area contributed by atoms with Gasteiger partial charge in [0.2, 0.25) is 0 Å². The van der Waals surface area contributed by atoms with Gasteiger partial charge in [0, 0.05) is 18.0 Å². The maximum atomic E-state index is 6.31. The minimum atomic E-state index is 0.0585. The maximum Gasteiger partial charge on any atom is 0.125 e. The lowest BCUT2D eigenvalue weighted by Crippen LogP contribution is -2.48. The zero-order valence-electron chi connectivity index (χ0n) is 11.6. The summed E-state index contributed by atoms with van der Waals surface area (Å²) in [6, 6.07) is 6.70. The Labute approximate surface area is 110 Å². The highest BCUT2D eigenvalue weighted by molar-refractivity contribution is 5.44. The summed E-state index contributed by atoms with van der Waals surface area (Å²) in [6.07, 6.45) is 4.59. The molecule has 1 aliphatic carbocycles. The highest BCUT2D eigenvalue weighted by Crippen LogP contribution is 2.48. The predicted molar refractivity (Wildman–Crippen MR) is 73.9 cm³/mol. The molecule has 1 aromatic carbocycles. The number of fused-ring (bicyclic) bond motifs is 1. The largest absolute Gasteiger partial charge is 0.487 e. The molecule has 0 bridgehead atoms. The van der Waals surface area contributed by atoms with Crippen LogP contribution < -0.4 is 10.5 Å². The van der Waals surface area contributed by atoms with Crippen molar-refractivity contribution in [2.75, 3.05) is 0 Å². The van der Waals surface area contributed by atoms with Gasteiger partial charge in [-0.05, 0) is 36.3 Å². The first kappa shape index (κ1) is 12.0. The average Bonchev–Trinajstić information content (AvgIpc) is 2.25. The lowest BCUT2D eigenvalue weighted by molar-refractivity contribution is -0.0330. The second-order valence-corrected chi connectivity index (χ2v) is 6.95. The van der Waals surface area contributed by atoms with E-state index in [1.165, 1.54) is 30.4 Å². The van der Waals surface area contributed by atoms with E-state index in [9.17, 15) is 0 Å². The standard InChI is InChI=1S/C16H23NO/c1-15(2,3)11-5-6-12-13(17)10-16(7-4-8-16)18-14(12)9-11/h5-6,9,13H,4,7-8,10,17H2,1-3H3. The minimum Gasteiger partial charge on any atom is -0.487 e. The highest BCUT2D eigenvalue weighted by Gasteiger charge is 2.44. The lowest BCUT2D eigenvalue weighted by Gasteiger charge is -2.47. The van der Waals surface area contributed by atoms with Crippen molar-refractivity contribution in [1.82, 2.24) is 0 Å². The Morgan fingerprint density at radius 2 is 2.00 bits per heavy atom. The van der Waals surface area contributed by atoms with Crippen LogP contribution in [-0.4, -0.2) is 5.60 Å². The van der Waals surface area contributed by atoms with Crippen molar-refractivity contribution in [1.29, 1.82) is 0 Å². The summed E-state index contributed by atoms with van der Waals surface area (Å²) >= 11 is 0. The van der Waals surface area contributed by atoms with Gasteiger partial charge in [0.05, 0.1) is 0 Å². The van der Waals surface area contributed by atoms with Crippen LogP contribution in [-0.2, 0) is 5.41 Å². The Balaban J connectivity index is 2.00. The van der Waals surface area contributed by atoms with Crippen molar-refractivity contribution in [3.63, 3.8) is 0 Å². The molecule has 0 radical (unpaired) electrons. The van der Waals surface area contributed by atoms with Crippen LogP contribution in [0, 0.1) is 0 Å². The molecule has 98 valence electrons. The number of benzene rings is 1. The number of rotatable bonds is 0. The molecule has 18 heavy (non-hydrogen) atoms. The van der Waals surface area contributed by atoms with Crippen molar-refractivity contribution < 1.29 is 4.74 Å². The van der Waals surface area contributed by atoms with Crippen molar-refractivity contribution in [3.05, 3.63) is 29.3 Å². The van der Waals surface area contributed by atoms with Gasteiger partial charge in [0.1, 0.15) is 11.4 Å². The molecule has 3 rings (SSSR count). The molecule has 1 heterocycles. The third-order valence-corrected chi connectivity index (χ3v) is 4.46. The Hall–Kier alpha value is -1.02. The van der Waals surface area contributed by atoms with Gasteiger partial charge in [-0.2, -0.15) is 0 Å². The molecule has 1 aromatic rings. The topological polar surface area (TPSA) is 35.2 Å². The third-order valence-electron chi connectivity index (χ3n) is 4.46. The minimum absolute atomic E-state index is 0.0585. The third kappa shape index (κ3) is 1.83. The fourth-order valence-electron chi connectivity index (χ4n) is 3.06. The fourth-order valence-corrected chi connectivity index (χ4v) is 3.06. The smallest absolute Gasteiger partial charge is 0.125 e. The molecule has 0 amide bonds. The molecule has 1 spiro atoms. The molecule has 2 heteroatoms. The number of ether oxygens (including phenoxy) is 1. The van der Waals surface area contributed by atoms with Gasteiger partial charge in [0.15, 0.2) is 0 Å². The van der Waals surface area contributed by atoms with Crippen LogP contribution in [0.3, 0.4) is 0 Å². The molecule has 1 unspecified atom stereocenters. The van der Waals surface area contributed by atoms with Gasteiger partial charge < -0.3 is 10.5 Å². The first-order valence-electron chi connectivity index (χ1n) is 6.99. The maximum absolute atomic E-state index is 6.31. The zero-order chi connectivity index (χ0) is 13.0. The van der Waals surface area contributed by atoms with Gasteiger partial charge >= 0.3 is 0 Å². The predicted octanol–water partition coefficient (Wildman–Crippen LogP) is 3.69. The first-order valence-corrected chi connectivity index (χ1v) is 6.99. The van der Waals surface area contributed by atoms with E-state index in [2.05, 4.69) is 39.0 Å². The number of hydrogen-bond donors (Lipinski definition) is 1. The van der Waals surface area contributed by atoms with E-state index in [-0.39, 0.29) is 17.1 Å². The molecule has 0 aromatic heterocycles. The van der Waals surface area contributed by atoms with Crippen LogP contribution in [0.2, 0.25) is 0 Å². The monoisotopic (exact) mass is 245 g/mol. The van der Waals surface area contributed by atoms with Crippen LogP contribution in [0.15, 0.2) is 18.2 Å². The van der Waals surface area contributed by atoms with Gasteiger partial charge in [-0.1, -0.05) is 32.9 Å². The fraction of sp³-hybridized carbons (Fsp3) is 0.625. The van der Waals surface area contributed by atoms with Crippen LogP contribution in [0.5, 0.6) is 5.75 Å². The summed E-state index contributed by atoms with van der Waals surface area (Å²) < 4.78 is 6.28. The average molecular weight is 245 g/mol. The van der Waals surface area contributed by atoms with E-state index in [1.54, 1.807) is 0 Å². The zero-order valence-corrected chi connectivity index (χ0v) is 11.6. The summed E-state index contributed by atoms with van der Waals surface area (Å²) in [5, 5.41) is 0. The van der Waals surface area contributed by atoms with Crippen molar-refractivity contribution >= 4 is 0 Å². The van der Waals surface area contributed by atoms with E-state index in [4.69, 9.17) is 10.5 Å². The van der Waals surface area contributed by atoms with Crippen molar-refractivity contribution in [2.45, 2.75) is 63.5 Å². The van der Waals surface area contributed by atoms with Crippen LogP contribution in [0.1, 0.15) is 63.6 Å². The molecule has 2 N–H and O–H groups in total. The van der Waals surface area contributed by atoms with Gasteiger partial charge in [-0.15, -0.1) is 0 Å². The molecule has 1 fully saturated rings. The summed E-state index contributed by atoms with van der Waals surface area (Å²) in [6.45, 7) is 6.70. The molecule has 1 saturated carbocycles. The second-order valence-electron chi connectivity index (χ2n) is 6.95. The Kier molecular flexibility index (Phi) is 2.50. The quantitative estimate of drug-likeness (QED) is 0.756. The summed E-state index contributed by atoms with van der Waals surface area (Å²) in [7, 11) is 0. The summed E-state index contributed by atoms with van der Waals surface area (Å²) in [5.41, 5.74) is 9.03. The van der Waals surface area contributed by atoms with E-state index < -0.39 is 0 Å². The van der Waals surface area contributed by atoms with Crippen molar-refractivity contribution in [3.8, 4) is 5.75 Å². The van der Waals surface area contributed by atoms with Crippen LogP contribution >= 0.6 is 0 Å². The molecule has 2 nitrogen and oxygen atoms in total. The molecule has 1 atom stereocenters. The normalized spacial score (nSPS) is 25.2. The second kappa shape index (κ2) is 3.74. The number of nitrogens with two attached hydrogens (primary N) is 1. The molecular weight excluding hydrogens is 222 g/mol. The molecule has 1 aliphatic heterocycles. The lowest BCUT2D eigenvalue weighted by atomic mass is 9.72. The molecule has 2 aliphatic rings. The van der Waals surface area contributed by atoms with Crippen molar-refractivity contribution in [2.24, 2.45) is 5.73 Å². The van der Waals surface area contributed by atoms with Gasteiger partial charge in [-0.25, -0.2) is 0 Å². The summed E-state index contributed by atoms with van der Waals surface area (Å²) in [5.74, 6) is 1.03. The van der Waals surface area contributed by atoms with Gasteiger partial charge in [-0.3, -0.25) is 0 Å². The summed E-state index contributed by atoms with van der Waals surface area (Å²) in [4.78, 5) is 0. The van der Waals surface area contributed by atoms with E-state index in [0.717, 1.165) is 12.2 Å². The van der Waals surface area contributed by atoms with E-state index >= 15 is 0 Å². The Morgan fingerprint density at radius 3 is 2.56 bits per heavy atom. The molecule has 0 saturated heterocycles. The number of hydrogen-bond acceptors (Lipinski definition) is 2. The van der Waals surface area contributed by atoms with Crippen LogP contribution in [0.4, 0.5) is 0 Å².